The predicted molar refractivity (Wildman–Crippen MR) is 226 cm³/mol. The maximum atomic E-state index is 4.78. The summed E-state index contributed by atoms with van der Waals surface area (Å²) in [6, 6.07) is 45.5. The number of likely N-dealkylation sites (N-methyl/N-ethyl adjacent to an activating group) is 1. The van der Waals surface area contributed by atoms with E-state index < -0.39 is 5.41 Å². The number of allylic oxidation sites excluding steroid dienone is 8. The highest BCUT2D eigenvalue weighted by Gasteiger charge is 2.46. The molecule has 0 fully saturated rings. The topological polar surface area (TPSA) is 6.48 Å². The normalized spacial score (nSPS) is 14.4. The van der Waals surface area contributed by atoms with Gasteiger partial charge in [0.25, 0.3) is 0 Å². The Morgan fingerprint density at radius 3 is 1.59 bits per heavy atom. The van der Waals surface area contributed by atoms with Gasteiger partial charge in [0.2, 0.25) is 0 Å². The van der Waals surface area contributed by atoms with Crippen LogP contribution < -0.4 is 9.80 Å². The van der Waals surface area contributed by atoms with E-state index in [0.29, 0.717) is 0 Å². The third-order valence-electron chi connectivity index (χ3n) is 8.96. The minimum Gasteiger partial charge on any atom is -0.345 e. The summed E-state index contributed by atoms with van der Waals surface area (Å²) in [5.74, 6) is 0. The Balaban J connectivity index is 0.00000141. The molecule has 0 aliphatic heterocycles. The number of hydrogen-bond acceptors (Lipinski definition) is 2. The minimum absolute atomic E-state index is 0.654. The van der Waals surface area contributed by atoms with Gasteiger partial charge < -0.3 is 9.80 Å². The number of nitrogens with zero attached hydrogens (tertiary/aromatic N) is 2. The highest BCUT2D eigenvalue weighted by Crippen LogP contribution is 2.58. The average Bonchev–Trinajstić information content (AvgIpc) is 3.49. The van der Waals surface area contributed by atoms with Gasteiger partial charge in [-0.25, -0.2) is 0 Å². The van der Waals surface area contributed by atoms with Crippen LogP contribution in [0.2, 0.25) is 0 Å². The number of hydrogen-bond donors (Lipinski definition) is 0. The van der Waals surface area contributed by atoms with Crippen LogP contribution in [0, 0.1) is 0 Å². The standard InChI is InChI=1S/C45H40N2.2C2H6/c1-6-9-20-34(4)45(35-21-14-11-15-22-35)43-32-39(46(5)36(8-3)23-10-7-2)28-30-41(43)42-31-29-40(33-44(42)45)47(37-24-16-12-17-25-37)38-26-18-13-19-27-38;2*1-2/h6-33H,1,3-4H2,2,5H3;2*1-2H3/b10-7-,20-9-,36-23+;;. The summed E-state index contributed by atoms with van der Waals surface area (Å²) in [7, 11) is 2.09. The molecule has 0 amide bonds. The van der Waals surface area contributed by atoms with Crippen LogP contribution in [0.5, 0.6) is 0 Å². The lowest BCUT2D eigenvalue weighted by atomic mass is 9.67. The number of rotatable bonds is 11. The van der Waals surface area contributed by atoms with Crippen molar-refractivity contribution in [1.29, 1.82) is 0 Å². The molecule has 1 aliphatic carbocycles. The van der Waals surface area contributed by atoms with Crippen LogP contribution in [0.3, 0.4) is 0 Å². The first-order chi connectivity index (χ1) is 25.0. The second-order valence-corrected chi connectivity index (χ2v) is 11.6. The van der Waals surface area contributed by atoms with E-state index in [1.54, 1.807) is 0 Å². The zero-order chi connectivity index (χ0) is 36.8. The zero-order valence-electron chi connectivity index (χ0n) is 31.2. The van der Waals surface area contributed by atoms with Crippen molar-refractivity contribution in [2.75, 3.05) is 16.8 Å². The minimum atomic E-state index is -0.654. The molecule has 2 nitrogen and oxygen atoms in total. The molecule has 6 rings (SSSR count). The number of benzene rings is 5. The summed E-state index contributed by atoms with van der Waals surface area (Å²) < 4.78 is 0. The van der Waals surface area contributed by atoms with Crippen molar-refractivity contribution in [3.8, 4) is 11.1 Å². The molecule has 1 unspecified atom stereocenters. The van der Waals surface area contributed by atoms with Gasteiger partial charge >= 0.3 is 0 Å². The van der Waals surface area contributed by atoms with E-state index in [1.165, 1.54) is 22.3 Å². The van der Waals surface area contributed by atoms with Gasteiger partial charge in [-0.1, -0.05) is 157 Å². The first-order valence-corrected chi connectivity index (χ1v) is 18.0. The molecule has 2 heteroatoms. The van der Waals surface area contributed by atoms with Crippen molar-refractivity contribution in [2.24, 2.45) is 0 Å². The summed E-state index contributed by atoms with van der Waals surface area (Å²) in [6.07, 6.45) is 14.0. The van der Waals surface area contributed by atoms with E-state index in [0.717, 1.165) is 39.6 Å². The third-order valence-corrected chi connectivity index (χ3v) is 8.96. The quantitative estimate of drug-likeness (QED) is 0.129. The molecular formula is C49H52N2. The maximum Gasteiger partial charge on any atom is 0.0709 e. The largest absolute Gasteiger partial charge is 0.345 e. The molecule has 0 saturated heterocycles. The Kier molecular flexibility index (Phi) is 13.6. The molecule has 5 aromatic rings. The fourth-order valence-corrected chi connectivity index (χ4v) is 6.75. The zero-order valence-corrected chi connectivity index (χ0v) is 31.2. The van der Waals surface area contributed by atoms with Crippen LogP contribution in [0.4, 0.5) is 22.7 Å². The second kappa shape index (κ2) is 18.2. The van der Waals surface area contributed by atoms with Gasteiger partial charge in [0.1, 0.15) is 0 Å². The van der Waals surface area contributed by atoms with E-state index in [4.69, 9.17) is 6.58 Å². The van der Waals surface area contributed by atoms with E-state index in [9.17, 15) is 0 Å². The Morgan fingerprint density at radius 2 is 1.10 bits per heavy atom. The van der Waals surface area contributed by atoms with Crippen LogP contribution >= 0.6 is 0 Å². The van der Waals surface area contributed by atoms with Gasteiger partial charge in [0, 0.05) is 35.5 Å². The average molecular weight is 669 g/mol. The van der Waals surface area contributed by atoms with E-state index in [-0.39, 0.29) is 0 Å². The molecule has 0 N–H and O–H groups in total. The molecule has 5 aromatic carbocycles. The predicted octanol–water partition coefficient (Wildman–Crippen LogP) is 13.9. The van der Waals surface area contributed by atoms with Crippen molar-refractivity contribution in [2.45, 2.75) is 40.0 Å². The van der Waals surface area contributed by atoms with Gasteiger partial charge in [-0.3, -0.25) is 0 Å². The van der Waals surface area contributed by atoms with Crippen LogP contribution in [-0.4, -0.2) is 7.05 Å². The van der Waals surface area contributed by atoms with Gasteiger partial charge in [0.15, 0.2) is 0 Å². The molecule has 51 heavy (non-hydrogen) atoms. The fraction of sp³-hybridized carbons (Fsp3) is 0.143. The SMILES string of the molecule is C=C/C=C\C(=C)C1(c2ccccc2)c2cc(N(C)/C(C=C)=C/C=C\C)ccc2-c2ccc(N(c3ccccc3)c3ccccc3)cc21.CC.CC. The molecule has 0 radical (unpaired) electrons. The summed E-state index contributed by atoms with van der Waals surface area (Å²) in [4.78, 5) is 4.51. The van der Waals surface area contributed by atoms with Crippen LogP contribution in [0.1, 0.15) is 51.3 Å². The fourth-order valence-electron chi connectivity index (χ4n) is 6.75. The molecule has 0 aromatic heterocycles. The second-order valence-electron chi connectivity index (χ2n) is 11.6. The summed E-state index contributed by atoms with van der Waals surface area (Å²) in [6.45, 7) is 22.9. The van der Waals surface area contributed by atoms with Gasteiger partial charge in [-0.2, -0.15) is 0 Å². The summed E-state index contributed by atoms with van der Waals surface area (Å²) in [5.41, 5.74) is 11.6. The number of para-hydroxylation sites is 2. The highest BCUT2D eigenvalue weighted by molar-refractivity contribution is 5.91. The molecule has 0 saturated carbocycles. The van der Waals surface area contributed by atoms with Crippen LogP contribution in [-0.2, 0) is 5.41 Å². The molecule has 258 valence electrons. The molecule has 1 aliphatic rings. The van der Waals surface area contributed by atoms with Crippen LogP contribution in [0.25, 0.3) is 11.1 Å². The Morgan fingerprint density at radius 1 is 0.608 bits per heavy atom. The number of anilines is 4. The van der Waals surface area contributed by atoms with Crippen LogP contribution in [0.15, 0.2) is 201 Å². The molecule has 0 spiro atoms. The van der Waals surface area contributed by atoms with Crippen molar-refractivity contribution in [3.63, 3.8) is 0 Å². The lowest BCUT2D eigenvalue weighted by Gasteiger charge is -2.35. The van der Waals surface area contributed by atoms with Gasteiger partial charge in [-0.05, 0) is 101 Å². The first-order valence-electron chi connectivity index (χ1n) is 18.0. The van der Waals surface area contributed by atoms with Gasteiger partial charge in [0.05, 0.1) is 5.41 Å². The summed E-state index contributed by atoms with van der Waals surface area (Å²) in [5, 5.41) is 0. The van der Waals surface area contributed by atoms with Crippen molar-refractivity contribution in [1.82, 2.24) is 0 Å². The van der Waals surface area contributed by atoms with E-state index in [2.05, 4.69) is 170 Å². The molecule has 0 heterocycles. The van der Waals surface area contributed by atoms with Crippen molar-refractivity contribution < 1.29 is 0 Å². The first kappa shape index (κ1) is 38.0. The smallest absolute Gasteiger partial charge is 0.0709 e. The molecule has 1 atom stereocenters. The molecular weight excluding hydrogens is 617 g/mol. The monoisotopic (exact) mass is 668 g/mol. The van der Waals surface area contributed by atoms with Crippen molar-refractivity contribution in [3.05, 3.63) is 218 Å². The van der Waals surface area contributed by atoms with Gasteiger partial charge in [-0.15, -0.1) is 0 Å². The Bertz CT molecular complexity index is 1960. The summed E-state index contributed by atoms with van der Waals surface area (Å²) >= 11 is 0. The van der Waals surface area contributed by atoms with E-state index >= 15 is 0 Å². The van der Waals surface area contributed by atoms with Crippen molar-refractivity contribution >= 4 is 22.7 Å². The highest BCUT2D eigenvalue weighted by atomic mass is 15.1. The lowest BCUT2D eigenvalue weighted by molar-refractivity contribution is 0.770. The van der Waals surface area contributed by atoms with E-state index in [1.807, 2.05) is 65.0 Å². The Hall–Kier alpha value is -5.86. The third kappa shape index (κ3) is 7.51. The number of fused-ring (bicyclic) bond motifs is 3. The molecule has 0 bridgehead atoms. The lowest BCUT2D eigenvalue weighted by Crippen LogP contribution is -2.29. The Labute approximate surface area is 307 Å². The maximum absolute atomic E-state index is 4.78.